The predicted octanol–water partition coefficient (Wildman–Crippen LogP) is 2.18. The summed E-state index contributed by atoms with van der Waals surface area (Å²) in [6.07, 6.45) is 3.94. The monoisotopic (exact) mass is 215 g/mol. The fraction of sp³-hybridized carbons (Fsp3) is 0.429. The summed E-state index contributed by atoms with van der Waals surface area (Å²) in [5, 5.41) is 0. The minimum Gasteiger partial charge on any atom is -0.494 e. The molecule has 0 heterocycles. The Morgan fingerprint density at radius 3 is 3.00 bits per heavy atom. The number of ether oxygens (including phenoxy) is 1. The summed E-state index contributed by atoms with van der Waals surface area (Å²) in [5.74, 6) is 7.66. The van der Waals surface area contributed by atoms with Gasteiger partial charge in [-0.15, -0.1) is 0 Å². The molecule has 2 rings (SSSR count). The van der Waals surface area contributed by atoms with E-state index in [2.05, 4.69) is 11.8 Å². The molecule has 1 aliphatic rings. The summed E-state index contributed by atoms with van der Waals surface area (Å²) in [7, 11) is 0. The van der Waals surface area contributed by atoms with Crippen LogP contribution in [0.3, 0.4) is 0 Å². The molecule has 0 radical (unpaired) electrons. The van der Waals surface area contributed by atoms with E-state index >= 15 is 0 Å². The lowest BCUT2D eigenvalue weighted by atomic mass is 10.2. The van der Waals surface area contributed by atoms with Crippen molar-refractivity contribution in [3.05, 3.63) is 29.8 Å². The van der Waals surface area contributed by atoms with E-state index in [1.807, 2.05) is 24.3 Å². The summed E-state index contributed by atoms with van der Waals surface area (Å²) >= 11 is 0. The Bertz CT molecular complexity index is 399. The highest BCUT2D eigenvalue weighted by molar-refractivity contribution is 5.39. The molecule has 1 aromatic rings. The van der Waals surface area contributed by atoms with Crippen molar-refractivity contribution in [2.24, 2.45) is 11.7 Å². The van der Waals surface area contributed by atoms with E-state index in [9.17, 15) is 0 Å². The second-order valence-corrected chi connectivity index (χ2v) is 4.11. The SMILES string of the molecule is NCC#Cc1cccc(OCCC2CC2)c1. The molecular formula is C14H17NO. The van der Waals surface area contributed by atoms with E-state index < -0.39 is 0 Å². The van der Waals surface area contributed by atoms with Crippen LogP contribution in [0.5, 0.6) is 5.75 Å². The zero-order valence-electron chi connectivity index (χ0n) is 9.41. The standard InChI is InChI=1S/C14H17NO/c15-9-2-4-13-3-1-5-14(11-13)16-10-8-12-6-7-12/h1,3,5,11-12H,6-10,15H2. The van der Waals surface area contributed by atoms with Crippen molar-refractivity contribution in [3.8, 4) is 17.6 Å². The van der Waals surface area contributed by atoms with Crippen LogP contribution in [0.1, 0.15) is 24.8 Å². The van der Waals surface area contributed by atoms with Gasteiger partial charge in [-0.25, -0.2) is 0 Å². The van der Waals surface area contributed by atoms with Crippen LogP contribution >= 0.6 is 0 Å². The lowest BCUT2D eigenvalue weighted by Gasteiger charge is -2.05. The first kappa shape index (κ1) is 11.0. The van der Waals surface area contributed by atoms with Crippen molar-refractivity contribution in [1.29, 1.82) is 0 Å². The van der Waals surface area contributed by atoms with E-state index in [-0.39, 0.29) is 0 Å². The summed E-state index contributed by atoms with van der Waals surface area (Å²) in [4.78, 5) is 0. The van der Waals surface area contributed by atoms with Gasteiger partial charge in [-0.3, -0.25) is 0 Å². The first-order valence-electron chi connectivity index (χ1n) is 5.80. The van der Waals surface area contributed by atoms with Gasteiger partial charge in [0.15, 0.2) is 0 Å². The zero-order valence-corrected chi connectivity index (χ0v) is 9.41. The van der Waals surface area contributed by atoms with Gasteiger partial charge in [-0.1, -0.05) is 30.7 Å². The van der Waals surface area contributed by atoms with E-state index in [4.69, 9.17) is 10.5 Å². The van der Waals surface area contributed by atoms with Gasteiger partial charge in [0.05, 0.1) is 13.2 Å². The fourth-order valence-corrected chi connectivity index (χ4v) is 1.57. The maximum absolute atomic E-state index is 5.68. The van der Waals surface area contributed by atoms with Crippen molar-refractivity contribution >= 4 is 0 Å². The highest BCUT2D eigenvalue weighted by Gasteiger charge is 2.20. The first-order chi connectivity index (χ1) is 7.88. The van der Waals surface area contributed by atoms with Crippen molar-refractivity contribution < 1.29 is 4.74 Å². The highest BCUT2D eigenvalue weighted by Crippen LogP contribution is 2.32. The molecule has 1 saturated carbocycles. The highest BCUT2D eigenvalue weighted by atomic mass is 16.5. The molecule has 2 nitrogen and oxygen atoms in total. The molecule has 0 spiro atoms. The summed E-state index contributed by atoms with van der Waals surface area (Å²) < 4.78 is 5.68. The van der Waals surface area contributed by atoms with E-state index in [0.717, 1.165) is 23.8 Å². The Hall–Kier alpha value is -1.46. The van der Waals surface area contributed by atoms with Crippen LogP contribution in [0.4, 0.5) is 0 Å². The average molecular weight is 215 g/mol. The van der Waals surface area contributed by atoms with Crippen LogP contribution in [-0.4, -0.2) is 13.2 Å². The zero-order chi connectivity index (χ0) is 11.2. The molecule has 16 heavy (non-hydrogen) atoms. The number of rotatable bonds is 4. The smallest absolute Gasteiger partial charge is 0.120 e. The van der Waals surface area contributed by atoms with Crippen LogP contribution in [0.2, 0.25) is 0 Å². The van der Waals surface area contributed by atoms with Crippen LogP contribution in [0.25, 0.3) is 0 Å². The Morgan fingerprint density at radius 2 is 2.25 bits per heavy atom. The third-order valence-electron chi connectivity index (χ3n) is 2.66. The molecule has 84 valence electrons. The third-order valence-corrected chi connectivity index (χ3v) is 2.66. The largest absolute Gasteiger partial charge is 0.494 e. The van der Waals surface area contributed by atoms with Crippen LogP contribution in [0.15, 0.2) is 24.3 Å². The predicted molar refractivity (Wildman–Crippen MR) is 65.2 cm³/mol. The molecule has 0 atom stereocenters. The molecule has 0 unspecified atom stereocenters. The van der Waals surface area contributed by atoms with Crippen molar-refractivity contribution in [1.82, 2.24) is 0 Å². The normalized spacial score (nSPS) is 14.1. The molecule has 0 bridgehead atoms. The van der Waals surface area contributed by atoms with Crippen LogP contribution in [-0.2, 0) is 0 Å². The molecule has 0 aliphatic heterocycles. The summed E-state index contributed by atoms with van der Waals surface area (Å²) in [5.41, 5.74) is 6.30. The minimum atomic E-state index is 0.396. The van der Waals surface area contributed by atoms with E-state index in [1.165, 1.54) is 19.3 Å². The molecule has 2 heteroatoms. The molecule has 0 aromatic heterocycles. The fourth-order valence-electron chi connectivity index (χ4n) is 1.57. The topological polar surface area (TPSA) is 35.2 Å². The van der Waals surface area contributed by atoms with E-state index in [0.29, 0.717) is 6.54 Å². The first-order valence-corrected chi connectivity index (χ1v) is 5.80. The molecular weight excluding hydrogens is 198 g/mol. The number of benzene rings is 1. The van der Waals surface area contributed by atoms with Crippen molar-refractivity contribution in [3.63, 3.8) is 0 Å². The summed E-state index contributed by atoms with van der Waals surface area (Å²) in [6, 6.07) is 7.87. The third kappa shape index (κ3) is 3.60. The maximum atomic E-state index is 5.68. The van der Waals surface area contributed by atoms with Gasteiger partial charge in [0.2, 0.25) is 0 Å². The minimum absolute atomic E-state index is 0.396. The lowest BCUT2D eigenvalue weighted by molar-refractivity contribution is 0.302. The Morgan fingerprint density at radius 1 is 1.38 bits per heavy atom. The molecule has 0 amide bonds. The number of hydrogen-bond acceptors (Lipinski definition) is 2. The Kier molecular flexibility index (Phi) is 3.85. The number of hydrogen-bond donors (Lipinski definition) is 1. The van der Waals surface area contributed by atoms with Gasteiger partial charge in [0.1, 0.15) is 5.75 Å². The lowest BCUT2D eigenvalue weighted by Crippen LogP contribution is -1.98. The quantitative estimate of drug-likeness (QED) is 0.781. The summed E-state index contributed by atoms with van der Waals surface area (Å²) in [6.45, 7) is 1.21. The van der Waals surface area contributed by atoms with Gasteiger partial charge in [0, 0.05) is 5.56 Å². The second kappa shape index (κ2) is 5.58. The van der Waals surface area contributed by atoms with Crippen molar-refractivity contribution in [2.45, 2.75) is 19.3 Å². The molecule has 1 fully saturated rings. The van der Waals surface area contributed by atoms with Crippen LogP contribution < -0.4 is 10.5 Å². The Balaban J connectivity index is 1.87. The average Bonchev–Trinajstić information content (AvgIpc) is 3.11. The molecule has 1 aromatic carbocycles. The van der Waals surface area contributed by atoms with Crippen molar-refractivity contribution in [2.75, 3.05) is 13.2 Å². The molecule has 0 saturated heterocycles. The van der Waals surface area contributed by atoms with Crippen LogP contribution in [0, 0.1) is 17.8 Å². The maximum Gasteiger partial charge on any atom is 0.120 e. The molecule has 1 aliphatic carbocycles. The van der Waals surface area contributed by atoms with Gasteiger partial charge < -0.3 is 10.5 Å². The number of nitrogens with two attached hydrogens (primary N) is 1. The molecule has 2 N–H and O–H groups in total. The van der Waals surface area contributed by atoms with Gasteiger partial charge >= 0.3 is 0 Å². The van der Waals surface area contributed by atoms with Gasteiger partial charge in [-0.2, -0.15) is 0 Å². The van der Waals surface area contributed by atoms with Gasteiger partial charge in [0.25, 0.3) is 0 Å². The van der Waals surface area contributed by atoms with E-state index in [1.54, 1.807) is 0 Å². The second-order valence-electron chi connectivity index (χ2n) is 4.11. The Labute approximate surface area is 96.8 Å². The van der Waals surface area contributed by atoms with Gasteiger partial charge in [-0.05, 0) is 30.5 Å².